The molecule has 2 aromatic heterocycles. The maximum Gasteiger partial charge on any atom is 0.259 e. The number of carbonyl (C=O) groups is 1. The van der Waals surface area contributed by atoms with Crippen LogP contribution in [0.4, 0.5) is 0 Å². The predicted octanol–water partition coefficient (Wildman–Crippen LogP) is 2.30. The Labute approximate surface area is 156 Å². The number of ether oxygens (including phenoxy) is 1. The zero-order valence-electron chi connectivity index (χ0n) is 14.9. The molecular weight excluding hydrogens is 346 g/mol. The molecule has 1 aliphatic heterocycles. The fourth-order valence-corrected chi connectivity index (χ4v) is 3.27. The average Bonchev–Trinajstić information content (AvgIpc) is 3.25. The van der Waals surface area contributed by atoms with Crippen LogP contribution < -0.4 is 0 Å². The molecule has 0 atom stereocenters. The molecule has 0 N–H and O–H groups in total. The lowest BCUT2D eigenvalue weighted by atomic mass is 9.90. The van der Waals surface area contributed by atoms with Crippen molar-refractivity contribution in [2.24, 2.45) is 0 Å². The van der Waals surface area contributed by atoms with Gasteiger partial charge in [-0.05, 0) is 12.1 Å². The minimum Gasteiger partial charge on any atom is -0.368 e. The van der Waals surface area contributed by atoms with Crippen LogP contribution in [0.3, 0.4) is 0 Å². The molecule has 1 fully saturated rings. The quantitative estimate of drug-likeness (QED) is 0.700. The Morgan fingerprint density at radius 3 is 2.63 bits per heavy atom. The van der Waals surface area contributed by atoms with Crippen LogP contribution in [0.15, 0.2) is 53.4 Å². The van der Waals surface area contributed by atoms with Crippen LogP contribution in [0.5, 0.6) is 0 Å². The van der Waals surface area contributed by atoms with Crippen molar-refractivity contribution in [2.45, 2.75) is 18.4 Å². The number of hydrogen-bond donors (Lipinski definition) is 0. The van der Waals surface area contributed by atoms with Gasteiger partial charge in [-0.25, -0.2) is 4.98 Å². The molecule has 1 amide bonds. The Morgan fingerprint density at radius 2 is 1.96 bits per heavy atom. The highest BCUT2D eigenvalue weighted by Crippen LogP contribution is 2.36. The van der Waals surface area contributed by atoms with Gasteiger partial charge in [0.1, 0.15) is 11.3 Å². The molecule has 0 aliphatic carbocycles. The van der Waals surface area contributed by atoms with Crippen LogP contribution in [0.2, 0.25) is 0 Å². The molecule has 3 heterocycles. The second-order valence-corrected chi connectivity index (χ2v) is 6.37. The number of benzene rings is 1. The molecule has 1 aliphatic rings. The summed E-state index contributed by atoms with van der Waals surface area (Å²) in [6.45, 7) is 1.09. The molecule has 0 radical (unpaired) electrons. The summed E-state index contributed by atoms with van der Waals surface area (Å²) in [6, 6.07) is 9.27. The summed E-state index contributed by atoms with van der Waals surface area (Å²) in [5, 5.41) is 4.01. The fourth-order valence-electron chi connectivity index (χ4n) is 3.27. The molecule has 8 heteroatoms. The topological polar surface area (TPSA) is 94.2 Å². The summed E-state index contributed by atoms with van der Waals surface area (Å²) in [5.74, 6) is 0.792. The summed E-state index contributed by atoms with van der Waals surface area (Å²) >= 11 is 0. The molecule has 138 valence electrons. The van der Waals surface area contributed by atoms with Crippen LogP contribution in [-0.2, 0) is 10.3 Å². The van der Waals surface area contributed by atoms with Crippen molar-refractivity contribution in [1.29, 1.82) is 0 Å². The number of carbonyl (C=O) groups excluding carboxylic acids is 1. The van der Waals surface area contributed by atoms with Gasteiger partial charge in [-0.3, -0.25) is 9.78 Å². The number of methoxy groups -OCH3 is 1. The number of amides is 1. The molecule has 8 nitrogen and oxygen atoms in total. The standard InChI is InChI=1S/C19H19N5O3/c1-26-19(18-22-16(23-27-18)15-13-20-9-10-21-15)7-11-24(12-8-19)17(25)14-5-3-2-4-6-14/h2-6,9-10,13H,7-8,11-12H2,1H3. The van der Waals surface area contributed by atoms with Gasteiger partial charge in [0.05, 0.1) is 6.20 Å². The Kier molecular flexibility index (Phi) is 4.64. The van der Waals surface area contributed by atoms with E-state index >= 15 is 0 Å². The zero-order chi connectivity index (χ0) is 18.7. The molecule has 4 rings (SSSR count). The molecule has 0 spiro atoms. The van der Waals surface area contributed by atoms with Gasteiger partial charge >= 0.3 is 0 Å². The number of aromatic nitrogens is 4. The summed E-state index contributed by atoms with van der Waals surface area (Å²) in [6.07, 6.45) is 5.88. The lowest BCUT2D eigenvalue weighted by Crippen LogP contribution is -2.46. The molecule has 1 aromatic carbocycles. The van der Waals surface area contributed by atoms with Gasteiger partial charge in [-0.15, -0.1) is 0 Å². The van der Waals surface area contributed by atoms with Gasteiger partial charge in [0.25, 0.3) is 11.8 Å². The SMILES string of the molecule is COC1(c2nc(-c3cnccn3)no2)CCN(C(=O)c2ccccc2)CC1. The molecule has 3 aromatic rings. The van der Waals surface area contributed by atoms with Gasteiger partial charge in [0.15, 0.2) is 0 Å². The molecule has 1 saturated heterocycles. The lowest BCUT2D eigenvalue weighted by Gasteiger charge is -2.38. The minimum atomic E-state index is -0.707. The van der Waals surface area contributed by atoms with E-state index in [1.165, 1.54) is 0 Å². The van der Waals surface area contributed by atoms with Crippen LogP contribution in [0.25, 0.3) is 11.5 Å². The third-order valence-corrected chi connectivity index (χ3v) is 4.88. The van der Waals surface area contributed by atoms with Crippen molar-refractivity contribution in [1.82, 2.24) is 25.0 Å². The summed E-state index contributed by atoms with van der Waals surface area (Å²) < 4.78 is 11.3. The molecule has 0 bridgehead atoms. The Bertz CT molecular complexity index is 905. The van der Waals surface area contributed by atoms with E-state index in [0.29, 0.717) is 48.9 Å². The van der Waals surface area contributed by atoms with Crippen molar-refractivity contribution < 1.29 is 14.1 Å². The Hall–Kier alpha value is -3.13. The van der Waals surface area contributed by atoms with Crippen molar-refractivity contribution in [2.75, 3.05) is 20.2 Å². The first-order valence-corrected chi connectivity index (χ1v) is 8.72. The third kappa shape index (κ3) is 3.31. The molecule has 0 saturated carbocycles. The molecule has 27 heavy (non-hydrogen) atoms. The maximum atomic E-state index is 12.6. The van der Waals surface area contributed by atoms with E-state index < -0.39 is 5.60 Å². The highest BCUT2D eigenvalue weighted by Gasteiger charge is 2.42. The van der Waals surface area contributed by atoms with Gasteiger partial charge in [0.2, 0.25) is 5.82 Å². The van der Waals surface area contributed by atoms with E-state index in [1.54, 1.807) is 25.7 Å². The first-order chi connectivity index (χ1) is 13.2. The Morgan fingerprint density at radius 1 is 1.19 bits per heavy atom. The van der Waals surface area contributed by atoms with Crippen molar-refractivity contribution in [3.8, 4) is 11.5 Å². The summed E-state index contributed by atoms with van der Waals surface area (Å²) in [4.78, 5) is 27.1. The Balaban J connectivity index is 1.50. The van der Waals surface area contributed by atoms with Crippen LogP contribution in [0.1, 0.15) is 29.1 Å². The van der Waals surface area contributed by atoms with Gasteiger partial charge in [-0.2, -0.15) is 4.98 Å². The van der Waals surface area contributed by atoms with E-state index in [1.807, 2.05) is 35.2 Å². The average molecular weight is 365 g/mol. The van der Waals surface area contributed by atoms with E-state index in [0.717, 1.165) is 0 Å². The highest BCUT2D eigenvalue weighted by atomic mass is 16.5. The second-order valence-electron chi connectivity index (χ2n) is 6.37. The van der Waals surface area contributed by atoms with Crippen molar-refractivity contribution >= 4 is 5.91 Å². The third-order valence-electron chi connectivity index (χ3n) is 4.88. The molecular formula is C19H19N5O3. The monoisotopic (exact) mass is 365 g/mol. The molecule has 0 unspecified atom stereocenters. The smallest absolute Gasteiger partial charge is 0.259 e. The zero-order valence-corrected chi connectivity index (χ0v) is 14.9. The first kappa shape index (κ1) is 17.3. The van der Waals surface area contributed by atoms with E-state index in [4.69, 9.17) is 9.26 Å². The van der Waals surface area contributed by atoms with E-state index in [-0.39, 0.29) is 5.91 Å². The van der Waals surface area contributed by atoms with Gasteiger partial charge in [-0.1, -0.05) is 23.4 Å². The van der Waals surface area contributed by atoms with Crippen LogP contribution in [-0.4, -0.2) is 51.1 Å². The second kappa shape index (κ2) is 7.24. The van der Waals surface area contributed by atoms with Crippen LogP contribution >= 0.6 is 0 Å². The predicted molar refractivity (Wildman–Crippen MR) is 95.6 cm³/mol. The number of nitrogens with zero attached hydrogens (tertiary/aromatic N) is 5. The fraction of sp³-hybridized carbons (Fsp3) is 0.316. The van der Waals surface area contributed by atoms with Crippen LogP contribution in [0, 0.1) is 0 Å². The largest absolute Gasteiger partial charge is 0.368 e. The maximum absolute atomic E-state index is 12.6. The summed E-state index contributed by atoms with van der Waals surface area (Å²) in [5.41, 5.74) is 0.515. The number of likely N-dealkylation sites (tertiary alicyclic amines) is 1. The van der Waals surface area contributed by atoms with E-state index in [2.05, 4.69) is 20.1 Å². The normalized spacial score (nSPS) is 16.3. The first-order valence-electron chi connectivity index (χ1n) is 8.72. The number of piperidine rings is 1. The summed E-state index contributed by atoms with van der Waals surface area (Å²) in [7, 11) is 1.63. The number of rotatable bonds is 4. The lowest BCUT2D eigenvalue weighted by molar-refractivity contribution is -0.0779. The van der Waals surface area contributed by atoms with Gasteiger partial charge < -0.3 is 14.2 Å². The van der Waals surface area contributed by atoms with Crippen molar-refractivity contribution in [3.05, 3.63) is 60.4 Å². The number of hydrogen-bond acceptors (Lipinski definition) is 7. The highest BCUT2D eigenvalue weighted by molar-refractivity contribution is 5.94. The minimum absolute atomic E-state index is 0.0195. The van der Waals surface area contributed by atoms with Gasteiger partial charge in [0, 0.05) is 51.0 Å². The van der Waals surface area contributed by atoms with E-state index in [9.17, 15) is 4.79 Å². The van der Waals surface area contributed by atoms with Crippen molar-refractivity contribution in [3.63, 3.8) is 0 Å².